The lowest BCUT2D eigenvalue weighted by Gasteiger charge is -2.41. The third kappa shape index (κ3) is 3.90. The Balaban J connectivity index is 2.31. The molecule has 1 aromatic heterocycles. The highest BCUT2D eigenvalue weighted by molar-refractivity contribution is 5.70. The molecule has 0 aromatic carbocycles. The molecular formula is C17H27N3O2. The molecule has 2 atom stereocenters. The van der Waals surface area contributed by atoms with Gasteiger partial charge in [0.15, 0.2) is 0 Å². The van der Waals surface area contributed by atoms with Crippen LogP contribution in [0.25, 0.3) is 0 Å². The topological polar surface area (TPSA) is 77.2 Å². The molecule has 3 N–H and O–H groups in total. The summed E-state index contributed by atoms with van der Waals surface area (Å²) in [7, 11) is 0. The van der Waals surface area contributed by atoms with Gasteiger partial charge in [-0.15, -0.1) is 0 Å². The summed E-state index contributed by atoms with van der Waals surface area (Å²) in [6.45, 7) is 7.80. The van der Waals surface area contributed by atoms with Crippen molar-refractivity contribution in [3.05, 3.63) is 24.0 Å². The molecule has 2 rings (SSSR count). The molecule has 5 nitrogen and oxygen atoms in total. The lowest BCUT2D eigenvalue weighted by molar-refractivity contribution is 0.0400. The van der Waals surface area contributed by atoms with Crippen LogP contribution in [0.15, 0.2) is 18.5 Å². The molecule has 2 unspecified atom stereocenters. The number of carbonyl (C=O) groups is 1. The van der Waals surface area contributed by atoms with Gasteiger partial charge in [0.25, 0.3) is 0 Å². The summed E-state index contributed by atoms with van der Waals surface area (Å²) in [5.74, 6) is 0.524. The summed E-state index contributed by atoms with van der Waals surface area (Å²) in [5, 5.41) is 3.11. The van der Waals surface area contributed by atoms with Crippen LogP contribution in [0, 0.1) is 5.92 Å². The Labute approximate surface area is 132 Å². The van der Waals surface area contributed by atoms with Crippen molar-refractivity contribution in [2.75, 3.05) is 5.73 Å². The number of nitrogens with zero attached hydrogens (tertiary/aromatic N) is 1. The zero-order valence-corrected chi connectivity index (χ0v) is 14.0. The number of ether oxygens (including phenoxy) is 1. The van der Waals surface area contributed by atoms with Crippen LogP contribution < -0.4 is 11.1 Å². The van der Waals surface area contributed by atoms with Crippen molar-refractivity contribution in [3.8, 4) is 0 Å². The van der Waals surface area contributed by atoms with E-state index >= 15 is 0 Å². The van der Waals surface area contributed by atoms with E-state index in [1.54, 1.807) is 12.4 Å². The van der Waals surface area contributed by atoms with Crippen molar-refractivity contribution >= 4 is 11.8 Å². The van der Waals surface area contributed by atoms with Gasteiger partial charge in [0.2, 0.25) is 0 Å². The number of nitrogen functional groups attached to an aromatic ring is 1. The first-order valence-corrected chi connectivity index (χ1v) is 7.93. The van der Waals surface area contributed by atoms with Crippen molar-refractivity contribution in [1.82, 2.24) is 10.3 Å². The van der Waals surface area contributed by atoms with Crippen LogP contribution in [0.5, 0.6) is 0 Å². The molecule has 1 fully saturated rings. The second-order valence-corrected chi connectivity index (χ2v) is 7.37. The van der Waals surface area contributed by atoms with E-state index in [0.717, 1.165) is 24.8 Å². The van der Waals surface area contributed by atoms with Crippen LogP contribution in [0.4, 0.5) is 10.5 Å². The smallest absolute Gasteiger partial charge is 0.408 e. The molecule has 1 saturated carbocycles. The predicted molar refractivity (Wildman–Crippen MR) is 87.3 cm³/mol. The molecule has 22 heavy (non-hydrogen) atoms. The van der Waals surface area contributed by atoms with E-state index in [1.165, 1.54) is 6.42 Å². The average molecular weight is 305 g/mol. The fourth-order valence-electron chi connectivity index (χ4n) is 3.32. The van der Waals surface area contributed by atoms with Crippen LogP contribution in [0.3, 0.4) is 0 Å². The van der Waals surface area contributed by atoms with Crippen molar-refractivity contribution in [3.63, 3.8) is 0 Å². The zero-order valence-electron chi connectivity index (χ0n) is 14.0. The van der Waals surface area contributed by atoms with Crippen LogP contribution in [0.2, 0.25) is 0 Å². The molecule has 0 spiro atoms. The Hall–Kier alpha value is -1.78. The highest BCUT2D eigenvalue weighted by atomic mass is 16.6. The molecule has 1 aliphatic carbocycles. The number of nitrogens with one attached hydrogen (secondary N) is 1. The molecule has 0 saturated heterocycles. The molecular weight excluding hydrogens is 278 g/mol. The zero-order chi connectivity index (χ0) is 16.4. The number of pyridine rings is 1. The van der Waals surface area contributed by atoms with Gasteiger partial charge >= 0.3 is 6.09 Å². The maximum atomic E-state index is 12.3. The van der Waals surface area contributed by atoms with E-state index in [4.69, 9.17) is 10.5 Å². The molecule has 1 aromatic rings. The first-order chi connectivity index (χ1) is 10.2. The largest absolute Gasteiger partial charge is 0.444 e. The van der Waals surface area contributed by atoms with Gasteiger partial charge in [-0.1, -0.05) is 19.8 Å². The van der Waals surface area contributed by atoms with E-state index < -0.39 is 17.2 Å². The summed E-state index contributed by atoms with van der Waals surface area (Å²) in [5.41, 5.74) is 6.71. The average Bonchev–Trinajstić information content (AvgIpc) is 2.36. The third-order valence-electron chi connectivity index (χ3n) is 4.11. The minimum Gasteiger partial charge on any atom is -0.444 e. The molecule has 0 aliphatic heterocycles. The molecule has 1 aliphatic rings. The summed E-state index contributed by atoms with van der Waals surface area (Å²) < 4.78 is 5.46. The third-order valence-corrected chi connectivity index (χ3v) is 4.11. The van der Waals surface area contributed by atoms with Crippen LogP contribution in [-0.2, 0) is 10.3 Å². The Morgan fingerprint density at radius 1 is 1.50 bits per heavy atom. The Morgan fingerprint density at radius 2 is 2.23 bits per heavy atom. The van der Waals surface area contributed by atoms with Gasteiger partial charge in [-0.25, -0.2) is 4.79 Å². The van der Waals surface area contributed by atoms with E-state index in [-0.39, 0.29) is 0 Å². The number of rotatable bonds is 2. The Morgan fingerprint density at radius 3 is 2.82 bits per heavy atom. The van der Waals surface area contributed by atoms with Crippen LogP contribution >= 0.6 is 0 Å². The maximum absolute atomic E-state index is 12.3. The van der Waals surface area contributed by atoms with Crippen molar-refractivity contribution in [1.29, 1.82) is 0 Å². The van der Waals surface area contributed by atoms with Crippen molar-refractivity contribution in [2.24, 2.45) is 5.92 Å². The second kappa shape index (κ2) is 6.15. The van der Waals surface area contributed by atoms with Gasteiger partial charge in [-0.05, 0) is 45.6 Å². The Bertz CT molecular complexity index is 539. The highest BCUT2D eigenvalue weighted by Crippen LogP contribution is 2.41. The molecule has 122 valence electrons. The van der Waals surface area contributed by atoms with Crippen molar-refractivity contribution in [2.45, 2.75) is 64.5 Å². The molecule has 0 bridgehead atoms. The standard InChI is InChI=1S/C17H27N3O2/c1-12-6-5-8-17(10-12,13-7-9-19-11-14(13)18)20-15(21)22-16(2,3)4/h7,9,11-12H,5-6,8,10,18H2,1-4H3,(H,20,21). The number of anilines is 1. The first kappa shape index (κ1) is 16.6. The maximum Gasteiger partial charge on any atom is 0.408 e. The van der Waals surface area contributed by atoms with E-state index in [2.05, 4.69) is 17.2 Å². The monoisotopic (exact) mass is 305 g/mol. The number of carbonyl (C=O) groups excluding carboxylic acids is 1. The quantitative estimate of drug-likeness (QED) is 0.875. The van der Waals surface area contributed by atoms with Gasteiger partial charge in [0, 0.05) is 11.8 Å². The molecule has 1 heterocycles. The van der Waals surface area contributed by atoms with Gasteiger partial charge in [0.05, 0.1) is 17.4 Å². The number of alkyl carbamates (subject to hydrolysis) is 1. The predicted octanol–water partition coefficient (Wildman–Crippen LogP) is 3.59. The number of hydrogen-bond donors (Lipinski definition) is 2. The highest BCUT2D eigenvalue weighted by Gasteiger charge is 2.40. The number of aromatic nitrogens is 1. The van der Waals surface area contributed by atoms with Gasteiger partial charge in [-0.2, -0.15) is 0 Å². The van der Waals surface area contributed by atoms with Crippen LogP contribution in [0.1, 0.15) is 58.9 Å². The van der Waals surface area contributed by atoms with E-state index in [0.29, 0.717) is 11.6 Å². The molecule has 5 heteroatoms. The van der Waals surface area contributed by atoms with Crippen LogP contribution in [-0.4, -0.2) is 16.7 Å². The lowest BCUT2D eigenvalue weighted by Crippen LogP contribution is -2.50. The molecule has 1 amide bonds. The lowest BCUT2D eigenvalue weighted by atomic mass is 9.72. The summed E-state index contributed by atoms with van der Waals surface area (Å²) in [6.07, 6.45) is 6.93. The minimum absolute atomic E-state index is 0.391. The minimum atomic E-state index is -0.519. The SMILES string of the molecule is CC1CCCC(NC(=O)OC(C)(C)C)(c2ccncc2N)C1. The fourth-order valence-corrected chi connectivity index (χ4v) is 3.32. The van der Waals surface area contributed by atoms with E-state index in [9.17, 15) is 4.79 Å². The first-order valence-electron chi connectivity index (χ1n) is 7.93. The van der Waals surface area contributed by atoms with Crippen molar-refractivity contribution < 1.29 is 9.53 Å². The summed E-state index contributed by atoms with van der Waals surface area (Å²) in [4.78, 5) is 16.4. The summed E-state index contributed by atoms with van der Waals surface area (Å²) >= 11 is 0. The Kier molecular flexibility index (Phi) is 4.63. The summed E-state index contributed by atoms with van der Waals surface area (Å²) in [6, 6.07) is 1.91. The van der Waals surface area contributed by atoms with Gasteiger partial charge in [-0.3, -0.25) is 4.98 Å². The fraction of sp³-hybridized carbons (Fsp3) is 0.647. The molecule has 0 radical (unpaired) electrons. The number of hydrogen-bond acceptors (Lipinski definition) is 4. The number of amides is 1. The van der Waals surface area contributed by atoms with E-state index in [1.807, 2.05) is 26.8 Å². The normalized spacial score (nSPS) is 25.5. The van der Waals surface area contributed by atoms with Gasteiger partial charge < -0.3 is 15.8 Å². The number of nitrogens with two attached hydrogens (primary N) is 1. The van der Waals surface area contributed by atoms with Gasteiger partial charge in [0.1, 0.15) is 5.60 Å². The second-order valence-electron chi connectivity index (χ2n) is 7.37.